The molecule has 1 saturated carbocycles. The van der Waals surface area contributed by atoms with Gasteiger partial charge < -0.3 is 20.4 Å². The zero-order valence-electron chi connectivity index (χ0n) is 16.4. The van der Waals surface area contributed by atoms with Crippen molar-refractivity contribution in [2.45, 2.75) is 51.5 Å². The molecule has 6 heteroatoms. The van der Waals surface area contributed by atoms with E-state index in [1.165, 1.54) is 44.8 Å². The van der Waals surface area contributed by atoms with E-state index in [-0.39, 0.29) is 17.6 Å². The predicted molar refractivity (Wildman–Crippen MR) is 110 cm³/mol. The number of hydrogen-bond acceptors (Lipinski definition) is 4. The van der Waals surface area contributed by atoms with Crippen molar-refractivity contribution in [2.24, 2.45) is 0 Å². The first-order valence-electron chi connectivity index (χ1n) is 10.1. The number of amides is 2. The van der Waals surface area contributed by atoms with E-state index in [9.17, 15) is 9.59 Å². The van der Waals surface area contributed by atoms with Gasteiger partial charge in [0, 0.05) is 30.4 Å². The van der Waals surface area contributed by atoms with Crippen molar-refractivity contribution >= 4 is 17.5 Å². The van der Waals surface area contributed by atoms with Gasteiger partial charge in [0.1, 0.15) is 0 Å². The molecule has 1 fully saturated rings. The highest BCUT2D eigenvalue weighted by Gasteiger charge is 2.14. The van der Waals surface area contributed by atoms with E-state index in [4.69, 9.17) is 4.42 Å². The maximum absolute atomic E-state index is 12.5. The Labute approximate surface area is 166 Å². The maximum atomic E-state index is 12.5. The summed E-state index contributed by atoms with van der Waals surface area (Å²) in [5.41, 5.74) is 2.01. The van der Waals surface area contributed by atoms with Gasteiger partial charge in [0.15, 0.2) is 5.76 Å². The van der Waals surface area contributed by atoms with Gasteiger partial charge in [0.25, 0.3) is 11.8 Å². The highest BCUT2D eigenvalue weighted by Crippen LogP contribution is 2.19. The average Bonchev–Trinajstić information content (AvgIpc) is 3.11. The Morgan fingerprint density at radius 2 is 1.82 bits per heavy atom. The molecule has 3 rings (SSSR count). The summed E-state index contributed by atoms with van der Waals surface area (Å²) < 4.78 is 5.11. The van der Waals surface area contributed by atoms with Gasteiger partial charge in [-0.2, -0.15) is 0 Å². The van der Waals surface area contributed by atoms with Crippen molar-refractivity contribution in [1.29, 1.82) is 0 Å². The molecule has 0 atom stereocenters. The zero-order chi connectivity index (χ0) is 19.8. The number of anilines is 1. The monoisotopic (exact) mass is 383 g/mol. The first-order chi connectivity index (χ1) is 13.6. The van der Waals surface area contributed by atoms with Crippen LogP contribution in [0.5, 0.6) is 0 Å². The molecule has 6 nitrogen and oxygen atoms in total. The van der Waals surface area contributed by atoms with E-state index >= 15 is 0 Å². The van der Waals surface area contributed by atoms with Crippen LogP contribution in [0.1, 0.15) is 65.0 Å². The third-order valence-corrected chi connectivity index (χ3v) is 5.19. The second-order valence-electron chi connectivity index (χ2n) is 7.36. The Bertz CT molecular complexity index is 778. The summed E-state index contributed by atoms with van der Waals surface area (Å²) in [4.78, 5) is 24.6. The normalized spacial score (nSPS) is 15.0. The van der Waals surface area contributed by atoms with Crippen LogP contribution >= 0.6 is 0 Å². The van der Waals surface area contributed by atoms with Crippen LogP contribution in [-0.4, -0.2) is 30.9 Å². The highest BCUT2D eigenvalue weighted by molar-refractivity contribution is 6.03. The minimum atomic E-state index is -0.335. The number of rotatable bonds is 7. The van der Waals surface area contributed by atoms with Crippen molar-refractivity contribution in [3.63, 3.8) is 0 Å². The van der Waals surface area contributed by atoms with Gasteiger partial charge in [0.2, 0.25) is 0 Å². The van der Waals surface area contributed by atoms with Crippen LogP contribution in [0.15, 0.2) is 41.0 Å². The van der Waals surface area contributed by atoms with Crippen LogP contribution in [0, 0.1) is 6.92 Å². The molecule has 2 aromatic rings. The topological polar surface area (TPSA) is 83.4 Å². The summed E-state index contributed by atoms with van der Waals surface area (Å²) in [5.74, 6) is -0.242. The molecule has 28 heavy (non-hydrogen) atoms. The van der Waals surface area contributed by atoms with E-state index in [1.54, 1.807) is 24.3 Å². The van der Waals surface area contributed by atoms with Crippen molar-refractivity contribution in [3.05, 3.63) is 53.5 Å². The molecule has 3 N–H and O–H groups in total. The summed E-state index contributed by atoms with van der Waals surface area (Å²) in [6.45, 7) is 3.23. The van der Waals surface area contributed by atoms with Crippen LogP contribution in [0.25, 0.3) is 0 Å². The molecule has 0 radical (unpaired) electrons. The zero-order valence-corrected chi connectivity index (χ0v) is 16.4. The lowest BCUT2D eigenvalue weighted by Crippen LogP contribution is -2.36. The second-order valence-corrected chi connectivity index (χ2v) is 7.36. The lowest BCUT2D eigenvalue weighted by molar-refractivity contribution is 0.0951. The molecule has 0 saturated heterocycles. The van der Waals surface area contributed by atoms with Gasteiger partial charge in [-0.1, -0.05) is 31.7 Å². The van der Waals surface area contributed by atoms with Gasteiger partial charge in [-0.3, -0.25) is 9.59 Å². The first-order valence-corrected chi connectivity index (χ1v) is 10.1. The Balaban J connectivity index is 1.50. The number of hydrogen-bond donors (Lipinski definition) is 3. The number of carbonyl (C=O) groups excluding carboxylic acids is 2. The van der Waals surface area contributed by atoms with Gasteiger partial charge in [-0.25, -0.2) is 0 Å². The van der Waals surface area contributed by atoms with Crippen molar-refractivity contribution < 1.29 is 14.0 Å². The first kappa shape index (κ1) is 20.1. The molecule has 0 bridgehead atoms. The molecule has 1 aliphatic rings. The van der Waals surface area contributed by atoms with E-state index in [0.717, 1.165) is 12.1 Å². The summed E-state index contributed by atoms with van der Waals surface area (Å²) in [6, 6.07) is 9.13. The molecular formula is C22H29N3O3. The Morgan fingerprint density at radius 1 is 1.04 bits per heavy atom. The van der Waals surface area contributed by atoms with E-state index in [1.807, 2.05) is 13.0 Å². The van der Waals surface area contributed by atoms with Crippen LogP contribution in [0.2, 0.25) is 0 Å². The molecule has 1 aliphatic carbocycles. The lowest BCUT2D eigenvalue weighted by Gasteiger charge is -2.16. The van der Waals surface area contributed by atoms with E-state index < -0.39 is 0 Å². The third-order valence-electron chi connectivity index (χ3n) is 5.19. The summed E-state index contributed by atoms with van der Waals surface area (Å²) in [6.07, 6.45) is 9.16. The van der Waals surface area contributed by atoms with E-state index in [0.29, 0.717) is 23.8 Å². The standard InChI is InChI=1S/C22H29N3O3/c1-16-10-11-17(15-19(16)25-22(27)20-9-6-14-28-20)21(26)24-13-12-23-18-7-4-2-3-5-8-18/h6,9-11,14-15,18,23H,2-5,7-8,12-13H2,1H3,(H,24,26)(H,25,27). The van der Waals surface area contributed by atoms with Crippen LogP contribution in [-0.2, 0) is 0 Å². The Hall–Kier alpha value is -2.60. The van der Waals surface area contributed by atoms with Crippen LogP contribution in [0.3, 0.4) is 0 Å². The van der Waals surface area contributed by atoms with Gasteiger partial charge >= 0.3 is 0 Å². The summed E-state index contributed by atoms with van der Waals surface area (Å²) >= 11 is 0. The molecule has 1 heterocycles. The fourth-order valence-corrected chi connectivity index (χ4v) is 3.53. The van der Waals surface area contributed by atoms with E-state index in [2.05, 4.69) is 16.0 Å². The number of benzene rings is 1. The quantitative estimate of drug-likeness (QED) is 0.500. The molecule has 0 aliphatic heterocycles. The lowest BCUT2D eigenvalue weighted by atomic mass is 10.1. The summed E-state index contributed by atoms with van der Waals surface area (Å²) in [5, 5.41) is 9.30. The Morgan fingerprint density at radius 3 is 2.54 bits per heavy atom. The largest absolute Gasteiger partial charge is 0.459 e. The molecule has 1 aromatic carbocycles. The third kappa shape index (κ3) is 5.70. The Kier molecular flexibility index (Phi) is 7.25. The number of carbonyl (C=O) groups is 2. The van der Waals surface area contributed by atoms with Crippen LogP contribution in [0.4, 0.5) is 5.69 Å². The number of nitrogens with one attached hydrogen (secondary N) is 3. The number of furan rings is 1. The minimum absolute atomic E-state index is 0.142. The molecular weight excluding hydrogens is 354 g/mol. The summed E-state index contributed by atoms with van der Waals surface area (Å²) in [7, 11) is 0. The predicted octanol–water partition coefficient (Wildman–Crippen LogP) is 3.88. The minimum Gasteiger partial charge on any atom is -0.459 e. The fourth-order valence-electron chi connectivity index (χ4n) is 3.53. The van der Waals surface area contributed by atoms with Crippen molar-refractivity contribution in [1.82, 2.24) is 10.6 Å². The highest BCUT2D eigenvalue weighted by atomic mass is 16.3. The van der Waals surface area contributed by atoms with Gasteiger partial charge in [-0.15, -0.1) is 0 Å². The van der Waals surface area contributed by atoms with Gasteiger partial charge in [0.05, 0.1) is 6.26 Å². The molecule has 0 spiro atoms. The molecule has 0 unspecified atom stereocenters. The maximum Gasteiger partial charge on any atom is 0.291 e. The number of aryl methyl sites for hydroxylation is 1. The fraction of sp³-hybridized carbons (Fsp3) is 0.455. The van der Waals surface area contributed by atoms with Gasteiger partial charge in [-0.05, 0) is 49.6 Å². The average molecular weight is 383 g/mol. The smallest absolute Gasteiger partial charge is 0.291 e. The molecule has 2 amide bonds. The molecule has 1 aromatic heterocycles. The molecule has 150 valence electrons. The SMILES string of the molecule is Cc1ccc(C(=O)NCCNC2CCCCCC2)cc1NC(=O)c1ccco1. The second kappa shape index (κ2) is 10.1. The van der Waals surface area contributed by atoms with Crippen LogP contribution < -0.4 is 16.0 Å². The van der Waals surface area contributed by atoms with Crippen molar-refractivity contribution in [3.8, 4) is 0 Å². The van der Waals surface area contributed by atoms with Crippen molar-refractivity contribution in [2.75, 3.05) is 18.4 Å².